The fourth-order valence-corrected chi connectivity index (χ4v) is 2.79. The first-order valence-corrected chi connectivity index (χ1v) is 7.23. The van der Waals surface area contributed by atoms with Crippen LogP contribution in [0, 0.1) is 12.7 Å². The summed E-state index contributed by atoms with van der Waals surface area (Å²) in [6.45, 7) is 4.35. The molecule has 1 N–H and O–H groups in total. The molecule has 0 aliphatic carbocycles. The lowest BCUT2D eigenvalue weighted by atomic mass is 10.4. The maximum Gasteiger partial charge on any atom is 0.262 e. The molecular weight excluding hydrogens is 269 g/mol. The van der Waals surface area contributed by atoms with E-state index in [1.165, 1.54) is 18.3 Å². The molecule has 0 bridgehead atoms. The highest BCUT2D eigenvalue weighted by atomic mass is 32.2. The van der Waals surface area contributed by atoms with Crippen molar-refractivity contribution in [1.29, 1.82) is 0 Å². The van der Waals surface area contributed by atoms with Gasteiger partial charge in [0.2, 0.25) is 0 Å². The molecule has 2 rings (SSSR count). The van der Waals surface area contributed by atoms with E-state index in [1.54, 1.807) is 11.6 Å². The molecule has 0 saturated heterocycles. The highest BCUT2D eigenvalue weighted by Gasteiger charge is 2.17. The van der Waals surface area contributed by atoms with E-state index in [1.807, 2.05) is 6.92 Å². The summed E-state index contributed by atoms with van der Waals surface area (Å²) in [6.07, 6.45) is 1.46. The number of hydrogen-bond donors (Lipinski definition) is 1. The molecule has 2 aromatic rings. The summed E-state index contributed by atoms with van der Waals surface area (Å²) in [5.74, 6) is -0.478. The van der Waals surface area contributed by atoms with Crippen LogP contribution < -0.4 is 4.72 Å². The van der Waals surface area contributed by atoms with Gasteiger partial charge in [-0.05, 0) is 38.1 Å². The number of nitrogens with zero attached hydrogens (tertiary/aromatic N) is 2. The van der Waals surface area contributed by atoms with Gasteiger partial charge in [0.25, 0.3) is 10.0 Å². The standard InChI is InChI=1S/C12H14FN3O2S/c1-3-16-9(2)12(8-14-16)15-19(17,18)11-6-4-10(13)5-7-11/h4-8,15H,3H2,1-2H3. The van der Waals surface area contributed by atoms with Gasteiger partial charge >= 0.3 is 0 Å². The summed E-state index contributed by atoms with van der Waals surface area (Å²) in [5.41, 5.74) is 1.15. The molecule has 0 spiro atoms. The number of nitrogens with one attached hydrogen (secondary N) is 1. The first-order chi connectivity index (χ1) is 8.94. The van der Waals surface area contributed by atoms with Crippen molar-refractivity contribution < 1.29 is 12.8 Å². The van der Waals surface area contributed by atoms with E-state index in [0.29, 0.717) is 12.2 Å². The van der Waals surface area contributed by atoms with Gasteiger partial charge in [0.05, 0.1) is 22.5 Å². The number of aromatic nitrogens is 2. The highest BCUT2D eigenvalue weighted by molar-refractivity contribution is 7.92. The molecule has 0 radical (unpaired) electrons. The molecule has 102 valence electrons. The number of anilines is 1. The summed E-state index contributed by atoms with van der Waals surface area (Å²) in [6, 6.07) is 4.66. The van der Waals surface area contributed by atoms with Crippen molar-refractivity contribution in [3.8, 4) is 0 Å². The molecule has 0 unspecified atom stereocenters. The summed E-state index contributed by atoms with van der Waals surface area (Å²) >= 11 is 0. The minimum absolute atomic E-state index is 0.0116. The predicted octanol–water partition coefficient (Wildman–Crippen LogP) is 2.15. The average Bonchev–Trinajstić information content (AvgIpc) is 2.70. The van der Waals surface area contributed by atoms with Crippen molar-refractivity contribution in [2.24, 2.45) is 0 Å². The average molecular weight is 283 g/mol. The Kier molecular flexibility index (Phi) is 3.57. The SMILES string of the molecule is CCn1ncc(NS(=O)(=O)c2ccc(F)cc2)c1C. The zero-order valence-corrected chi connectivity index (χ0v) is 11.4. The minimum atomic E-state index is -3.72. The Labute approximate surface area is 111 Å². The Bertz CT molecular complexity index is 678. The van der Waals surface area contributed by atoms with Crippen LogP contribution in [0.15, 0.2) is 35.4 Å². The van der Waals surface area contributed by atoms with Gasteiger partial charge in [-0.1, -0.05) is 0 Å². The number of sulfonamides is 1. The molecule has 0 atom stereocenters. The summed E-state index contributed by atoms with van der Waals surface area (Å²) in [5, 5.41) is 4.06. The molecule has 1 aromatic heterocycles. The number of halogens is 1. The monoisotopic (exact) mass is 283 g/mol. The maximum atomic E-state index is 12.8. The Morgan fingerprint density at radius 1 is 1.32 bits per heavy atom. The Balaban J connectivity index is 2.31. The van der Waals surface area contributed by atoms with Crippen molar-refractivity contribution in [1.82, 2.24) is 9.78 Å². The lowest BCUT2D eigenvalue weighted by molar-refractivity contribution is 0.599. The lowest BCUT2D eigenvalue weighted by Crippen LogP contribution is -2.13. The highest BCUT2D eigenvalue weighted by Crippen LogP contribution is 2.19. The van der Waals surface area contributed by atoms with Crippen molar-refractivity contribution in [2.75, 3.05) is 4.72 Å². The van der Waals surface area contributed by atoms with E-state index in [-0.39, 0.29) is 4.90 Å². The van der Waals surface area contributed by atoms with Gasteiger partial charge in [-0.15, -0.1) is 0 Å². The summed E-state index contributed by atoms with van der Waals surface area (Å²) < 4.78 is 41.1. The smallest absolute Gasteiger partial charge is 0.262 e. The van der Waals surface area contributed by atoms with Crippen LogP contribution in [0.2, 0.25) is 0 Å². The molecule has 1 heterocycles. The van der Waals surface area contributed by atoms with Crippen LogP contribution in [0.5, 0.6) is 0 Å². The second-order valence-corrected chi connectivity index (χ2v) is 5.70. The van der Waals surface area contributed by atoms with Gasteiger partial charge in [-0.3, -0.25) is 9.40 Å². The van der Waals surface area contributed by atoms with Gasteiger partial charge < -0.3 is 0 Å². The maximum absolute atomic E-state index is 12.8. The van der Waals surface area contributed by atoms with E-state index in [2.05, 4.69) is 9.82 Å². The van der Waals surface area contributed by atoms with E-state index < -0.39 is 15.8 Å². The molecule has 1 aromatic carbocycles. The quantitative estimate of drug-likeness (QED) is 0.935. The van der Waals surface area contributed by atoms with Crippen molar-refractivity contribution in [3.05, 3.63) is 42.0 Å². The topological polar surface area (TPSA) is 64.0 Å². The largest absolute Gasteiger partial charge is 0.276 e. The Morgan fingerprint density at radius 3 is 2.47 bits per heavy atom. The van der Waals surface area contributed by atoms with Crippen molar-refractivity contribution in [3.63, 3.8) is 0 Å². The van der Waals surface area contributed by atoms with E-state index in [0.717, 1.165) is 17.8 Å². The van der Waals surface area contributed by atoms with Gasteiger partial charge in [0.1, 0.15) is 5.82 Å². The van der Waals surface area contributed by atoms with E-state index >= 15 is 0 Å². The molecule has 7 heteroatoms. The van der Waals surface area contributed by atoms with Crippen LogP contribution in [0.1, 0.15) is 12.6 Å². The van der Waals surface area contributed by atoms with Crippen LogP contribution in [0.25, 0.3) is 0 Å². The zero-order valence-electron chi connectivity index (χ0n) is 10.6. The third-order valence-electron chi connectivity index (χ3n) is 2.77. The molecule has 0 fully saturated rings. The second-order valence-electron chi connectivity index (χ2n) is 4.02. The third kappa shape index (κ3) is 2.76. The fourth-order valence-electron chi connectivity index (χ4n) is 1.68. The van der Waals surface area contributed by atoms with Crippen molar-refractivity contribution >= 4 is 15.7 Å². The second kappa shape index (κ2) is 5.00. The number of rotatable bonds is 4. The first-order valence-electron chi connectivity index (χ1n) is 5.75. The summed E-state index contributed by atoms with van der Waals surface area (Å²) in [4.78, 5) is 0.0116. The molecule has 0 saturated carbocycles. The molecular formula is C12H14FN3O2S. The van der Waals surface area contributed by atoms with Crippen LogP contribution in [-0.4, -0.2) is 18.2 Å². The molecule has 5 nitrogen and oxygen atoms in total. The van der Waals surface area contributed by atoms with Crippen LogP contribution >= 0.6 is 0 Å². The molecule has 0 aliphatic heterocycles. The zero-order chi connectivity index (χ0) is 14.0. The number of hydrogen-bond acceptors (Lipinski definition) is 3. The van der Waals surface area contributed by atoms with Gasteiger partial charge in [-0.25, -0.2) is 12.8 Å². The molecule has 19 heavy (non-hydrogen) atoms. The van der Waals surface area contributed by atoms with Crippen LogP contribution in [-0.2, 0) is 16.6 Å². The van der Waals surface area contributed by atoms with Gasteiger partial charge in [0, 0.05) is 6.54 Å². The van der Waals surface area contributed by atoms with E-state index in [9.17, 15) is 12.8 Å². The summed E-state index contributed by atoms with van der Waals surface area (Å²) in [7, 11) is -3.72. The van der Waals surface area contributed by atoms with E-state index in [4.69, 9.17) is 0 Å². The third-order valence-corrected chi connectivity index (χ3v) is 4.15. The van der Waals surface area contributed by atoms with Crippen molar-refractivity contribution in [2.45, 2.75) is 25.3 Å². The van der Waals surface area contributed by atoms with Gasteiger partial charge in [-0.2, -0.15) is 5.10 Å². The minimum Gasteiger partial charge on any atom is -0.276 e. The molecule has 0 amide bonds. The van der Waals surface area contributed by atoms with Crippen LogP contribution in [0.3, 0.4) is 0 Å². The first kappa shape index (κ1) is 13.5. The van der Waals surface area contributed by atoms with Gasteiger partial charge in [0.15, 0.2) is 0 Å². The number of benzene rings is 1. The fraction of sp³-hybridized carbons (Fsp3) is 0.250. The Morgan fingerprint density at radius 2 is 1.95 bits per heavy atom. The Hall–Kier alpha value is -1.89. The lowest BCUT2D eigenvalue weighted by Gasteiger charge is -2.07. The predicted molar refractivity (Wildman–Crippen MR) is 69.8 cm³/mol. The molecule has 0 aliphatic rings. The number of aryl methyl sites for hydroxylation is 1. The van der Waals surface area contributed by atoms with Crippen LogP contribution in [0.4, 0.5) is 10.1 Å². The normalized spacial score (nSPS) is 11.5.